The molecule has 0 bridgehead atoms. The van der Waals surface area contributed by atoms with E-state index < -0.39 is 36.2 Å². The summed E-state index contributed by atoms with van der Waals surface area (Å²) in [4.78, 5) is 62.7. The highest BCUT2D eigenvalue weighted by Gasteiger charge is 2.39. The van der Waals surface area contributed by atoms with Gasteiger partial charge in [0.05, 0.1) is 0 Å². The number of carboxylic acid groups (broad SMARTS) is 1. The fraction of sp³-hybridized carbons (Fsp3) is 0.514. The fourth-order valence-corrected chi connectivity index (χ4v) is 5.22. The number of carbonyl (C=O) groups excluding carboxylic acids is 4. The normalized spacial score (nSPS) is 15.3. The van der Waals surface area contributed by atoms with Crippen LogP contribution in [0.4, 0.5) is 13.2 Å². The number of alkyl halides is 3. The molecule has 50 heavy (non-hydrogen) atoms. The summed E-state index contributed by atoms with van der Waals surface area (Å²) in [6.07, 6.45) is -1.54. The van der Waals surface area contributed by atoms with E-state index in [0.29, 0.717) is 51.3 Å². The number of amides is 4. The van der Waals surface area contributed by atoms with Gasteiger partial charge < -0.3 is 36.4 Å². The summed E-state index contributed by atoms with van der Waals surface area (Å²) in [5.41, 5.74) is 7.43. The topological polar surface area (TPSA) is 180 Å². The molecule has 15 heteroatoms. The molecule has 276 valence electrons. The number of ether oxygens (including phenoxy) is 1. The Balaban J connectivity index is 0.00000112. The molecule has 0 saturated carbocycles. The molecule has 1 aliphatic heterocycles. The van der Waals surface area contributed by atoms with Crippen LogP contribution in [-0.4, -0.2) is 83.5 Å². The van der Waals surface area contributed by atoms with Crippen LogP contribution in [0.2, 0.25) is 0 Å². The third kappa shape index (κ3) is 14.8. The number of hydrogen-bond acceptors (Lipinski definition) is 7. The lowest BCUT2D eigenvalue weighted by atomic mass is 10.00. The maximum Gasteiger partial charge on any atom is 0.490 e. The van der Waals surface area contributed by atoms with Crippen LogP contribution < -0.4 is 26.4 Å². The number of likely N-dealkylation sites (tertiary alicyclic amines) is 1. The Morgan fingerprint density at radius 3 is 2.16 bits per heavy atom. The number of carbonyl (C=O) groups is 5. The molecule has 1 heterocycles. The molecule has 2 aromatic carbocycles. The highest BCUT2D eigenvalue weighted by molar-refractivity contribution is 5.94. The van der Waals surface area contributed by atoms with Gasteiger partial charge in [0.2, 0.25) is 23.6 Å². The second kappa shape index (κ2) is 20.8. The number of carboxylic acids is 1. The molecule has 4 amide bonds. The van der Waals surface area contributed by atoms with Gasteiger partial charge in [0.1, 0.15) is 30.5 Å². The highest BCUT2D eigenvalue weighted by atomic mass is 19.4. The Labute approximate surface area is 290 Å². The van der Waals surface area contributed by atoms with E-state index in [1.807, 2.05) is 68.4 Å². The molecule has 1 aliphatic rings. The number of nitrogens with two attached hydrogens (primary N) is 1. The van der Waals surface area contributed by atoms with Crippen molar-refractivity contribution in [3.8, 4) is 5.75 Å². The first-order valence-electron chi connectivity index (χ1n) is 16.5. The molecular weight excluding hydrogens is 659 g/mol. The van der Waals surface area contributed by atoms with Crippen molar-refractivity contribution in [3.05, 3.63) is 65.7 Å². The van der Waals surface area contributed by atoms with Crippen LogP contribution in [0.15, 0.2) is 54.6 Å². The third-order valence-corrected chi connectivity index (χ3v) is 7.64. The zero-order valence-corrected chi connectivity index (χ0v) is 28.6. The van der Waals surface area contributed by atoms with Gasteiger partial charge in [-0.2, -0.15) is 13.2 Å². The van der Waals surface area contributed by atoms with Crippen molar-refractivity contribution in [1.29, 1.82) is 0 Å². The van der Waals surface area contributed by atoms with Crippen molar-refractivity contribution in [2.45, 2.75) is 90.2 Å². The number of benzene rings is 2. The molecule has 3 atom stereocenters. The van der Waals surface area contributed by atoms with Crippen molar-refractivity contribution >= 4 is 29.6 Å². The predicted octanol–water partition coefficient (Wildman–Crippen LogP) is 3.32. The molecule has 2 aromatic rings. The van der Waals surface area contributed by atoms with E-state index >= 15 is 0 Å². The minimum absolute atomic E-state index is 0.114. The first kappa shape index (κ1) is 41.5. The van der Waals surface area contributed by atoms with Gasteiger partial charge in [-0.05, 0) is 67.8 Å². The summed E-state index contributed by atoms with van der Waals surface area (Å²) in [6, 6.07) is 15.0. The van der Waals surface area contributed by atoms with Crippen molar-refractivity contribution in [2.75, 3.05) is 19.6 Å². The minimum Gasteiger partial charge on any atom is -0.489 e. The van der Waals surface area contributed by atoms with Crippen LogP contribution in [0.5, 0.6) is 5.75 Å². The zero-order chi connectivity index (χ0) is 37.3. The quantitative estimate of drug-likeness (QED) is 0.165. The largest absolute Gasteiger partial charge is 0.490 e. The van der Waals surface area contributed by atoms with Crippen LogP contribution in [0.1, 0.15) is 64.0 Å². The van der Waals surface area contributed by atoms with E-state index in [9.17, 15) is 32.3 Å². The van der Waals surface area contributed by atoms with E-state index in [0.717, 1.165) is 24.0 Å². The molecule has 0 aromatic heterocycles. The summed E-state index contributed by atoms with van der Waals surface area (Å²) in [5.74, 6) is -3.19. The number of nitrogens with zero attached hydrogens (tertiary/aromatic N) is 1. The van der Waals surface area contributed by atoms with E-state index in [1.165, 1.54) is 6.92 Å². The Bertz CT molecular complexity index is 1390. The Morgan fingerprint density at radius 2 is 1.60 bits per heavy atom. The summed E-state index contributed by atoms with van der Waals surface area (Å²) in [7, 11) is 0. The molecule has 0 aliphatic carbocycles. The SMILES string of the molecule is CC(=O)N[C@@H](Cc1ccc(OCc2ccccc2)cc1)C(=O)N[C@@H](CC(C)C)C(=O)N1CCC[C@H]1C(=O)NCCCCN.O=C(O)C(F)(F)F. The van der Waals surface area contributed by atoms with Gasteiger partial charge >= 0.3 is 12.1 Å². The van der Waals surface area contributed by atoms with Crippen LogP contribution in [0, 0.1) is 5.92 Å². The molecule has 1 saturated heterocycles. The molecule has 12 nitrogen and oxygen atoms in total. The maximum atomic E-state index is 13.7. The predicted molar refractivity (Wildman–Crippen MR) is 180 cm³/mol. The molecular formula is C35H48F3N5O7. The second-order valence-electron chi connectivity index (χ2n) is 12.3. The second-order valence-corrected chi connectivity index (χ2v) is 12.3. The average molecular weight is 708 g/mol. The standard InChI is InChI=1S/C33H47N5O5.C2HF3O2/c1-23(2)20-29(33(42)38-19-9-12-30(38)32(41)35-18-8-7-17-34)37-31(40)28(36-24(3)39)21-25-13-15-27(16-14-25)43-22-26-10-5-4-6-11-26;3-2(4,5)1(6)7/h4-6,10-11,13-16,23,28-30H,7-9,12,17-22,34H2,1-3H3,(H,35,41)(H,36,39)(H,37,40);(H,6,7)/t28-,29-,30-;/m0./s1. The third-order valence-electron chi connectivity index (χ3n) is 7.64. The lowest BCUT2D eigenvalue weighted by molar-refractivity contribution is -0.192. The summed E-state index contributed by atoms with van der Waals surface area (Å²) in [5, 5.41) is 15.7. The molecule has 0 spiro atoms. The number of unbranched alkanes of at least 4 members (excludes halogenated alkanes) is 1. The van der Waals surface area contributed by atoms with Gasteiger partial charge in [0.25, 0.3) is 0 Å². The lowest BCUT2D eigenvalue weighted by Crippen LogP contribution is -2.57. The monoisotopic (exact) mass is 707 g/mol. The van der Waals surface area contributed by atoms with Gasteiger partial charge in [0, 0.05) is 26.4 Å². The zero-order valence-electron chi connectivity index (χ0n) is 28.6. The van der Waals surface area contributed by atoms with Crippen molar-refractivity contribution < 1.29 is 47.0 Å². The fourth-order valence-electron chi connectivity index (χ4n) is 5.22. The van der Waals surface area contributed by atoms with Gasteiger partial charge in [-0.25, -0.2) is 4.79 Å². The van der Waals surface area contributed by atoms with Gasteiger partial charge in [0.15, 0.2) is 0 Å². The lowest BCUT2D eigenvalue weighted by Gasteiger charge is -2.30. The van der Waals surface area contributed by atoms with Crippen LogP contribution in [0.25, 0.3) is 0 Å². The van der Waals surface area contributed by atoms with E-state index in [-0.39, 0.29) is 30.1 Å². The van der Waals surface area contributed by atoms with Crippen LogP contribution >= 0.6 is 0 Å². The molecule has 3 rings (SSSR count). The molecule has 6 N–H and O–H groups in total. The number of rotatable bonds is 16. The summed E-state index contributed by atoms with van der Waals surface area (Å²) in [6.45, 7) is 7.29. The van der Waals surface area contributed by atoms with Gasteiger partial charge in [-0.15, -0.1) is 0 Å². The smallest absolute Gasteiger partial charge is 0.489 e. The number of nitrogens with one attached hydrogen (secondary N) is 3. The van der Waals surface area contributed by atoms with E-state index in [2.05, 4.69) is 16.0 Å². The van der Waals surface area contributed by atoms with Crippen molar-refractivity contribution in [1.82, 2.24) is 20.9 Å². The number of halogens is 3. The first-order valence-corrected chi connectivity index (χ1v) is 16.5. The minimum atomic E-state index is -5.08. The first-order chi connectivity index (χ1) is 23.6. The molecule has 1 fully saturated rings. The van der Waals surface area contributed by atoms with Crippen molar-refractivity contribution in [2.24, 2.45) is 11.7 Å². The number of hydrogen-bond donors (Lipinski definition) is 5. The Hall–Kier alpha value is -4.66. The number of aliphatic carboxylic acids is 1. The molecule has 0 unspecified atom stereocenters. The van der Waals surface area contributed by atoms with Crippen LogP contribution in [0.3, 0.4) is 0 Å². The van der Waals surface area contributed by atoms with E-state index in [4.69, 9.17) is 20.4 Å². The Morgan fingerprint density at radius 1 is 0.960 bits per heavy atom. The maximum absolute atomic E-state index is 13.7. The van der Waals surface area contributed by atoms with Crippen molar-refractivity contribution in [3.63, 3.8) is 0 Å². The summed E-state index contributed by atoms with van der Waals surface area (Å²) < 4.78 is 37.6. The Kier molecular flexibility index (Phi) is 17.2. The van der Waals surface area contributed by atoms with Gasteiger partial charge in [-0.1, -0.05) is 56.3 Å². The molecule has 0 radical (unpaired) electrons. The average Bonchev–Trinajstić information content (AvgIpc) is 3.55. The summed E-state index contributed by atoms with van der Waals surface area (Å²) >= 11 is 0. The van der Waals surface area contributed by atoms with Crippen LogP contribution in [-0.2, 0) is 37.0 Å². The highest BCUT2D eigenvalue weighted by Crippen LogP contribution is 2.21. The van der Waals surface area contributed by atoms with Gasteiger partial charge in [-0.3, -0.25) is 19.2 Å². The van der Waals surface area contributed by atoms with E-state index in [1.54, 1.807) is 4.90 Å².